The molecule has 1 aliphatic rings. The maximum absolute atomic E-state index is 12.3. The molecule has 1 N–H and O–H groups in total. The van der Waals surface area contributed by atoms with E-state index in [-0.39, 0.29) is 5.91 Å². The zero-order valence-electron chi connectivity index (χ0n) is 16.1. The van der Waals surface area contributed by atoms with Crippen LogP contribution in [0.25, 0.3) is 0 Å². The smallest absolute Gasteiger partial charge is 0.251 e. The van der Waals surface area contributed by atoms with Gasteiger partial charge in [0.2, 0.25) is 0 Å². The lowest BCUT2D eigenvalue weighted by atomic mass is 10.2. The molecule has 7 heteroatoms. The molecule has 0 radical (unpaired) electrons. The average molecular weight is 405 g/mol. The Morgan fingerprint density at radius 3 is 2.63 bits per heavy atom. The number of nitrogens with one attached hydrogen (secondary N) is 1. The van der Waals surface area contributed by atoms with Crippen molar-refractivity contribution in [2.75, 3.05) is 46.3 Å². The quantitative estimate of drug-likeness (QED) is 0.541. The van der Waals surface area contributed by atoms with E-state index in [0.717, 1.165) is 72.6 Å². The Hall–Kier alpha value is -1.41. The summed E-state index contributed by atoms with van der Waals surface area (Å²) in [4.78, 5) is 22.8. The molecule has 0 atom stereocenters. The molecule has 2 aromatic rings. The van der Waals surface area contributed by atoms with Gasteiger partial charge in [0.25, 0.3) is 5.91 Å². The first-order chi connectivity index (χ1) is 13.1. The van der Waals surface area contributed by atoms with E-state index in [1.807, 2.05) is 31.2 Å². The van der Waals surface area contributed by atoms with Crippen molar-refractivity contribution in [2.45, 2.75) is 24.0 Å². The zero-order valence-corrected chi connectivity index (χ0v) is 17.7. The summed E-state index contributed by atoms with van der Waals surface area (Å²) < 4.78 is 0. The number of thiazole rings is 1. The minimum atomic E-state index is 0.0139. The van der Waals surface area contributed by atoms with E-state index < -0.39 is 0 Å². The molecule has 1 fully saturated rings. The highest BCUT2D eigenvalue weighted by atomic mass is 32.2. The van der Waals surface area contributed by atoms with Crippen LogP contribution in [-0.2, 0) is 5.75 Å². The van der Waals surface area contributed by atoms with Gasteiger partial charge in [0.15, 0.2) is 0 Å². The first-order valence-electron chi connectivity index (χ1n) is 9.43. The van der Waals surface area contributed by atoms with Gasteiger partial charge in [-0.05, 0) is 51.2 Å². The predicted octanol–water partition coefficient (Wildman–Crippen LogP) is 3.11. The minimum Gasteiger partial charge on any atom is -0.352 e. The van der Waals surface area contributed by atoms with Crippen molar-refractivity contribution < 1.29 is 4.79 Å². The normalized spacial score (nSPS) is 15.8. The van der Waals surface area contributed by atoms with E-state index in [9.17, 15) is 4.79 Å². The molecule has 2 heterocycles. The summed E-state index contributed by atoms with van der Waals surface area (Å²) in [6.45, 7) is 8.34. The molecule has 0 spiro atoms. The van der Waals surface area contributed by atoms with Crippen LogP contribution in [0.15, 0.2) is 34.5 Å². The fraction of sp³-hybridized carbons (Fsp3) is 0.500. The molecule has 146 valence electrons. The number of thioether (sulfide) groups is 1. The van der Waals surface area contributed by atoms with Gasteiger partial charge in [-0.25, -0.2) is 4.98 Å². The van der Waals surface area contributed by atoms with Crippen molar-refractivity contribution in [3.05, 3.63) is 45.9 Å². The van der Waals surface area contributed by atoms with Crippen LogP contribution >= 0.6 is 23.1 Å². The first kappa shape index (κ1) is 20.3. The fourth-order valence-electron chi connectivity index (χ4n) is 3.01. The van der Waals surface area contributed by atoms with Crippen LogP contribution in [0.1, 0.15) is 27.5 Å². The molecule has 0 saturated carbocycles. The van der Waals surface area contributed by atoms with E-state index in [2.05, 4.69) is 32.5 Å². The number of amides is 1. The van der Waals surface area contributed by atoms with Crippen molar-refractivity contribution in [3.8, 4) is 0 Å². The number of carbonyl (C=O) groups is 1. The SMILES string of the molecule is Cc1nc(CSc2ccc(C(=O)NCCCN3CCN(C)CC3)cc2)cs1. The third-order valence-electron chi connectivity index (χ3n) is 4.70. The molecular weight excluding hydrogens is 376 g/mol. The highest BCUT2D eigenvalue weighted by molar-refractivity contribution is 7.98. The van der Waals surface area contributed by atoms with E-state index in [1.165, 1.54) is 0 Å². The molecule has 3 rings (SSSR count). The number of likely N-dealkylation sites (N-methyl/N-ethyl adjacent to an activating group) is 1. The Morgan fingerprint density at radius 2 is 1.96 bits per heavy atom. The molecule has 0 unspecified atom stereocenters. The van der Waals surface area contributed by atoms with Crippen molar-refractivity contribution in [1.82, 2.24) is 20.1 Å². The molecule has 27 heavy (non-hydrogen) atoms. The van der Waals surface area contributed by atoms with Gasteiger partial charge in [-0.1, -0.05) is 0 Å². The van der Waals surface area contributed by atoms with E-state index in [1.54, 1.807) is 23.1 Å². The van der Waals surface area contributed by atoms with E-state index in [0.29, 0.717) is 0 Å². The van der Waals surface area contributed by atoms with Crippen molar-refractivity contribution in [1.29, 1.82) is 0 Å². The summed E-state index contributed by atoms with van der Waals surface area (Å²) in [5.74, 6) is 0.877. The van der Waals surface area contributed by atoms with Crippen LogP contribution in [0, 0.1) is 6.92 Å². The van der Waals surface area contributed by atoms with Gasteiger partial charge >= 0.3 is 0 Å². The fourth-order valence-corrected chi connectivity index (χ4v) is 4.52. The second-order valence-electron chi connectivity index (χ2n) is 6.93. The van der Waals surface area contributed by atoms with Gasteiger partial charge in [0, 0.05) is 54.3 Å². The predicted molar refractivity (Wildman–Crippen MR) is 114 cm³/mol. The lowest BCUT2D eigenvalue weighted by Gasteiger charge is -2.32. The largest absolute Gasteiger partial charge is 0.352 e. The third-order valence-corrected chi connectivity index (χ3v) is 6.57. The molecule has 5 nitrogen and oxygen atoms in total. The maximum atomic E-state index is 12.3. The van der Waals surface area contributed by atoms with E-state index >= 15 is 0 Å². The van der Waals surface area contributed by atoms with Gasteiger partial charge in [-0.15, -0.1) is 23.1 Å². The monoisotopic (exact) mass is 404 g/mol. The van der Waals surface area contributed by atoms with Crippen LogP contribution in [0.3, 0.4) is 0 Å². The summed E-state index contributed by atoms with van der Waals surface area (Å²) in [5, 5.41) is 6.24. The number of aromatic nitrogens is 1. The first-order valence-corrected chi connectivity index (χ1v) is 11.3. The van der Waals surface area contributed by atoms with Crippen LogP contribution in [0.2, 0.25) is 0 Å². The molecule has 1 aliphatic heterocycles. The Balaban J connectivity index is 1.35. The number of carbonyl (C=O) groups excluding carboxylic acids is 1. The number of nitrogens with zero attached hydrogens (tertiary/aromatic N) is 3. The van der Waals surface area contributed by atoms with Crippen LogP contribution in [0.4, 0.5) is 0 Å². The summed E-state index contributed by atoms with van der Waals surface area (Å²) >= 11 is 3.43. The number of hydrogen-bond donors (Lipinski definition) is 1. The zero-order chi connectivity index (χ0) is 19.1. The van der Waals surface area contributed by atoms with Crippen LogP contribution in [0.5, 0.6) is 0 Å². The summed E-state index contributed by atoms with van der Waals surface area (Å²) in [6, 6.07) is 7.85. The second-order valence-corrected chi connectivity index (χ2v) is 9.04. The molecular formula is C20H28N4OS2. The van der Waals surface area contributed by atoms with Crippen LogP contribution < -0.4 is 5.32 Å². The molecule has 1 amide bonds. The summed E-state index contributed by atoms with van der Waals surface area (Å²) in [5.41, 5.74) is 1.84. The Bertz CT molecular complexity index is 724. The number of rotatable bonds is 8. The standard InChI is InChI=1S/C20H28N4OS2/c1-16-22-18(14-26-16)15-27-19-6-4-17(5-7-19)20(25)21-8-3-9-24-12-10-23(2)11-13-24/h4-7,14H,3,8-13,15H2,1-2H3,(H,21,25). The Labute approximate surface area is 170 Å². The maximum Gasteiger partial charge on any atom is 0.251 e. The molecule has 0 aliphatic carbocycles. The lowest BCUT2D eigenvalue weighted by Crippen LogP contribution is -2.45. The van der Waals surface area contributed by atoms with Gasteiger partial charge in [0.05, 0.1) is 10.7 Å². The van der Waals surface area contributed by atoms with Crippen LogP contribution in [-0.4, -0.2) is 67.0 Å². The van der Waals surface area contributed by atoms with Gasteiger partial charge in [-0.3, -0.25) is 4.79 Å². The summed E-state index contributed by atoms with van der Waals surface area (Å²) in [7, 11) is 2.17. The highest BCUT2D eigenvalue weighted by Crippen LogP contribution is 2.23. The second kappa shape index (κ2) is 10.2. The highest BCUT2D eigenvalue weighted by Gasteiger charge is 2.13. The van der Waals surface area contributed by atoms with Gasteiger partial charge < -0.3 is 15.1 Å². The lowest BCUT2D eigenvalue weighted by molar-refractivity contribution is 0.0949. The minimum absolute atomic E-state index is 0.0139. The van der Waals surface area contributed by atoms with Gasteiger partial charge in [0.1, 0.15) is 0 Å². The number of aryl methyl sites for hydroxylation is 1. The number of piperazine rings is 1. The van der Waals surface area contributed by atoms with Crippen molar-refractivity contribution >= 4 is 29.0 Å². The van der Waals surface area contributed by atoms with Gasteiger partial charge in [-0.2, -0.15) is 0 Å². The molecule has 1 aromatic heterocycles. The van der Waals surface area contributed by atoms with E-state index in [4.69, 9.17) is 0 Å². The third kappa shape index (κ3) is 6.60. The van der Waals surface area contributed by atoms with Crippen molar-refractivity contribution in [3.63, 3.8) is 0 Å². The number of hydrogen-bond acceptors (Lipinski definition) is 6. The number of benzene rings is 1. The Morgan fingerprint density at radius 1 is 1.22 bits per heavy atom. The molecule has 1 saturated heterocycles. The molecule has 0 bridgehead atoms. The average Bonchev–Trinajstić information content (AvgIpc) is 3.10. The van der Waals surface area contributed by atoms with Crippen molar-refractivity contribution in [2.24, 2.45) is 0 Å². The molecule has 1 aromatic carbocycles. The summed E-state index contributed by atoms with van der Waals surface area (Å²) in [6.07, 6.45) is 0.996. The Kier molecular flexibility index (Phi) is 7.70. The topological polar surface area (TPSA) is 48.5 Å².